The van der Waals surface area contributed by atoms with Crippen molar-refractivity contribution >= 4 is 10.0 Å². The fourth-order valence-electron chi connectivity index (χ4n) is 2.72. The summed E-state index contributed by atoms with van der Waals surface area (Å²) < 4.78 is 55.1. The van der Waals surface area contributed by atoms with Gasteiger partial charge in [0.05, 0.1) is 0 Å². The van der Waals surface area contributed by atoms with Crippen LogP contribution in [0.4, 0.5) is 8.78 Å². The van der Waals surface area contributed by atoms with Gasteiger partial charge in [-0.25, -0.2) is 17.2 Å². The van der Waals surface area contributed by atoms with Crippen molar-refractivity contribution in [2.45, 2.75) is 18.0 Å². The van der Waals surface area contributed by atoms with Crippen molar-refractivity contribution in [3.8, 4) is 0 Å². The number of rotatable bonds is 6. The summed E-state index contributed by atoms with van der Waals surface area (Å²) in [5, 5.41) is 0. The third kappa shape index (κ3) is 4.35. The molecule has 0 bridgehead atoms. The zero-order chi connectivity index (χ0) is 20.3. The van der Waals surface area contributed by atoms with E-state index in [-0.39, 0.29) is 18.0 Å². The number of sulfonamides is 1. The molecule has 0 aliphatic heterocycles. The molecule has 28 heavy (non-hydrogen) atoms. The number of benzene rings is 2. The maximum Gasteiger partial charge on any atom is 0.270 e. The monoisotopic (exact) mass is 404 g/mol. The Morgan fingerprint density at radius 1 is 0.857 bits per heavy atom. The molecule has 1 aromatic heterocycles. The van der Waals surface area contributed by atoms with Crippen LogP contribution in [0, 0.1) is 11.6 Å². The second-order valence-electron chi connectivity index (χ2n) is 6.31. The highest BCUT2D eigenvalue weighted by molar-refractivity contribution is 7.89. The third-order valence-electron chi connectivity index (χ3n) is 4.25. The van der Waals surface area contributed by atoms with Crippen LogP contribution in [0.25, 0.3) is 0 Å². The molecule has 0 unspecified atom stereocenters. The van der Waals surface area contributed by atoms with Gasteiger partial charge in [0.15, 0.2) is 0 Å². The summed E-state index contributed by atoms with van der Waals surface area (Å²) in [6, 6.07) is 13.6. The Kier molecular flexibility index (Phi) is 5.71. The number of hydrogen-bond acceptors (Lipinski definition) is 3. The Morgan fingerprint density at radius 3 is 1.79 bits per heavy atom. The van der Waals surface area contributed by atoms with E-state index >= 15 is 0 Å². The number of nitrogens with zero attached hydrogens (tertiary/aromatic N) is 2. The van der Waals surface area contributed by atoms with Gasteiger partial charge in [-0.05, 0) is 47.5 Å². The Labute approximate surface area is 161 Å². The Morgan fingerprint density at radius 2 is 1.32 bits per heavy atom. The molecule has 0 saturated carbocycles. The van der Waals surface area contributed by atoms with E-state index in [1.54, 1.807) is 0 Å². The lowest BCUT2D eigenvalue weighted by Crippen LogP contribution is -2.35. The number of aromatic nitrogens is 1. The lowest BCUT2D eigenvalue weighted by Gasteiger charge is -2.22. The van der Waals surface area contributed by atoms with Crippen molar-refractivity contribution in [1.82, 2.24) is 8.87 Å². The average Bonchev–Trinajstić information content (AvgIpc) is 2.66. The number of aryl methyl sites for hydroxylation is 1. The molecule has 1 heterocycles. The molecular weight excluding hydrogens is 386 g/mol. The van der Waals surface area contributed by atoms with Crippen molar-refractivity contribution in [2.24, 2.45) is 7.05 Å². The standard InChI is InChI=1S/C20H18F2N2O3S/c1-23-12-2-3-19(20(23)25)28(26,27)24(13-15-4-8-17(21)9-5-15)14-16-6-10-18(22)11-7-16/h2-12H,13-14H2,1H3. The van der Waals surface area contributed by atoms with Crippen LogP contribution in [-0.4, -0.2) is 17.3 Å². The van der Waals surface area contributed by atoms with Crippen molar-refractivity contribution in [2.75, 3.05) is 0 Å². The minimum Gasteiger partial charge on any atom is -0.317 e. The molecule has 146 valence electrons. The van der Waals surface area contributed by atoms with Crippen LogP contribution >= 0.6 is 0 Å². The van der Waals surface area contributed by atoms with E-state index in [1.165, 1.54) is 78.5 Å². The van der Waals surface area contributed by atoms with Crippen LogP contribution in [0.15, 0.2) is 76.6 Å². The van der Waals surface area contributed by atoms with Crippen LogP contribution in [0.5, 0.6) is 0 Å². The zero-order valence-electron chi connectivity index (χ0n) is 15.0. The van der Waals surface area contributed by atoms with E-state index in [4.69, 9.17) is 0 Å². The lowest BCUT2D eigenvalue weighted by molar-refractivity contribution is 0.399. The summed E-state index contributed by atoms with van der Waals surface area (Å²) in [6.07, 6.45) is 1.46. The molecule has 2 aromatic carbocycles. The van der Waals surface area contributed by atoms with Crippen molar-refractivity contribution in [1.29, 1.82) is 0 Å². The topological polar surface area (TPSA) is 59.4 Å². The molecular formula is C20H18F2N2O3S. The van der Waals surface area contributed by atoms with Gasteiger partial charge in [0, 0.05) is 26.3 Å². The number of hydrogen-bond donors (Lipinski definition) is 0. The van der Waals surface area contributed by atoms with Crippen LogP contribution in [0.1, 0.15) is 11.1 Å². The first-order chi connectivity index (χ1) is 13.3. The normalized spacial score (nSPS) is 11.7. The zero-order valence-corrected chi connectivity index (χ0v) is 15.9. The largest absolute Gasteiger partial charge is 0.317 e. The molecule has 8 heteroatoms. The lowest BCUT2D eigenvalue weighted by atomic mass is 10.2. The summed E-state index contributed by atoms with van der Waals surface area (Å²) in [5.41, 5.74) is 0.463. The van der Waals surface area contributed by atoms with Gasteiger partial charge in [-0.1, -0.05) is 24.3 Å². The van der Waals surface area contributed by atoms with Crippen LogP contribution in [0.3, 0.4) is 0 Å². The summed E-state index contributed by atoms with van der Waals surface area (Å²) in [7, 11) is -2.69. The van der Waals surface area contributed by atoms with E-state index in [1.807, 2.05) is 0 Å². The summed E-state index contributed by atoms with van der Waals surface area (Å²) >= 11 is 0. The van der Waals surface area contributed by atoms with Gasteiger partial charge >= 0.3 is 0 Å². The van der Waals surface area contributed by atoms with Gasteiger partial charge in [0.1, 0.15) is 16.5 Å². The molecule has 3 aromatic rings. The molecule has 5 nitrogen and oxygen atoms in total. The maximum absolute atomic E-state index is 13.2. The molecule has 0 amide bonds. The second-order valence-corrected chi connectivity index (χ2v) is 8.22. The van der Waals surface area contributed by atoms with Crippen molar-refractivity contribution in [3.05, 3.63) is 100.0 Å². The van der Waals surface area contributed by atoms with E-state index in [0.717, 1.165) is 4.31 Å². The third-order valence-corrected chi connectivity index (χ3v) is 6.06. The fraction of sp³-hybridized carbons (Fsp3) is 0.150. The molecule has 0 spiro atoms. The van der Waals surface area contributed by atoms with Gasteiger partial charge in [0.2, 0.25) is 10.0 Å². The van der Waals surface area contributed by atoms with Crippen LogP contribution in [0.2, 0.25) is 0 Å². The quantitative estimate of drug-likeness (QED) is 0.635. The molecule has 3 rings (SSSR count). The fourth-order valence-corrected chi connectivity index (χ4v) is 4.25. The molecule has 0 radical (unpaired) electrons. The first kappa shape index (κ1) is 19.9. The van der Waals surface area contributed by atoms with Gasteiger partial charge < -0.3 is 4.57 Å². The molecule has 0 saturated heterocycles. The van der Waals surface area contributed by atoms with E-state index in [2.05, 4.69) is 0 Å². The van der Waals surface area contributed by atoms with Crippen LogP contribution < -0.4 is 5.56 Å². The van der Waals surface area contributed by atoms with Crippen molar-refractivity contribution < 1.29 is 17.2 Å². The molecule has 0 fully saturated rings. The van der Waals surface area contributed by atoms with Gasteiger partial charge in [0.25, 0.3) is 5.56 Å². The number of halogens is 2. The van der Waals surface area contributed by atoms with E-state index < -0.39 is 27.2 Å². The molecule has 0 N–H and O–H groups in total. The predicted octanol–water partition coefficient (Wildman–Crippen LogP) is 3.05. The summed E-state index contributed by atoms with van der Waals surface area (Å²) in [6.45, 7) is -0.143. The molecule has 0 atom stereocenters. The summed E-state index contributed by atoms with van der Waals surface area (Å²) in [5.74, 6) is -0.873. The smallest absolute Gasteiger partial charge is 0.270 e. The van der Waals surface area contributed by atoms with E-state index in [0.29, 0.717) is 11.1 Å². The highest BCUT2D eigenvalue weighted by Gasteiger charge is 2.28. The van der Waals surface area contributed by atoms with Crippen LogP contribution in [-0.2, 0) is 30.2 Å². The molecule has 0 aliphatic rings. The van der Waals surface area contributed by atoms with Gasteiger partial charge in [-0.2, -0.15) is 4.31 Å². The van der Waals surface area contributed by atoms with Gasteiger partial charge in [-0.15, -0.1) is 0 Å². The Bertz CT molecular complexity index is 1080. The summed E-state index contributed by atoms with van der Waals surface area (Å²) in [4.78, 5) is 12.0. The van der Waals surface area contributed by atoms with Gasteiger partial charge in [-0.3, -0.25) is 4.79 Å². The Balaban J connectivity index is 2.03. The highest BCUT2D eigenvalue weighted by Crippen LogP contribution is 2.19. The first-order valence-corrected chi connectivity index (χ1v) is 9.86. The minimum absolute atomic E-state index is 0.0714. The molecule has 0 aliphatic carbocycles. The van der Waals surface area contributed by atoms with E-state index in [9.17, 15) is 22.0 Å². The predicted molar refractivity (Wildman–Crippen MR) is 101 cm³/mol. The SMILES string of the molecule is Cn1cccc(S(=O)(=O)N(Cc2ccc(F)cc2)Cc2ccc(F)cc2)c1=O. The minimum atomic E-state index is -4.16. The van der Waals surface area contributed by atoms with Crippen molar-refractivity contribution in [3.63, 3.8) is 0 Å². The number of pyridine rings is 1. The maximum atomic E-state index is 13.2. The first-order valence-electron chi connectivity index (χ1n) is 8.42. The average molecular weight is 404 g/mol. The Hall–Kier alpha value is -2.84. The highest BCUT2D eigenvalue weighted by atomic mass is 32.2. The second kappa shape index (κ2) is 8.04.